The average molecular weight is 327 g/mol. The van der Waals surface area contributed by atoms with E-state index in [1.807, 2.05) is 0 Å². The minimum Gasteiger partial charge on any atom is -0.325 e. The number of benzene rings is 1. The van der Waals surface area contributed by atoms with Gasteiger partial charge in [0.25, 0.3) is 0 Å². The molecule has 0 radical (unpaired) electrons. The molecule has 0 spiro atoms. The maximum atomic E-state index is 6.09. The van der Waals surface area contributed by atoms with Crippen LogP contribution in [-0.2, 0) is 12.0 Å². The van der Waals surface area contributed by atoms with E-state index in [0.29, 0.717) is 12.5 Å². The normalized spacial score (nSPS) is 12.5. The Morgan fingerprint density at radius 1 is 1.17 bits per heavy atom. The third-order valence-corrected chi connectivity index (χ3v) is 5.10. The highest BCUT2D eigenvalue weighted by Gasteiger charge is 2.23. The molecule has 2 aromatic heterocycles. The highest BCUT2D eigenvalue weighted by atomic mass is 32.1. The summed E-state index contributed by atoms with van der Waals surface area (Å²) in [5, 5.41) is 2.20. The minimum absolute atomic E-state index is 0.0711. The van der Waals surface area contributed by atoms with Crippen molar-refractivity contribution in [2.45, 2.75) is 52.5 Å². The minimum atomic E-state index is 0.0711. The van der Waals surface area contributed by atoms with E-state index < -0.39 is 0 Å². The third kappa shape index (κ3) is 2.81. The van der Waals surface area contributed by atoms with Crippen molar-refractivity contribution in [2.75, 3.05) is 0 Å². The van der Waals surface area contributed by atoms with Gasteiger partial charge in [-0.3, -0.25) is 4.40 Å². The van der Waals surface area contributed by atoms with Crippen LogP contribution in [0.2, 0.25) is 0 Å². The summed E-state index contributed by atoms with van der Waals surface area (Å²) in [6, 6.07) is 8.71. The molecule has 2 N–H and O–H groups in total. The Labute approximate surface area is 142 Å². The lowest BCUT2D eigenvalue weighted by molar-refractivity contribution is 0.561. The molecule has 0 aliphatic rings. The summed E-state index contributed by atoms with van der Waals surface area (Å²) >= 11 is 1.69. The number of fused-ring (bicyclic) bond motifs is 1. The molecule has 23 heavy (non-hydrogen) atoms. The molecule has 3 rings (SSSR count). The molecule has 0 saturated heterocycles. The number of nitrogens with zero attached hydrogens (tertiary/aromatic N) is 2. The van der Waals surface area contributed by atoms with E-state index in [4.69, 9.17) is 10.7 Å². The van der Waals surface area contributed by atoms with Crippen LogP contribution in [0.15, 0.2) is 29.6 Å². The first-order valence-electron chi connectivity index (χ1n) is 8.12. The topological polar surface area (TPSA) is 43.3 Å². The Bertz CT molecular complexity index is 817. The molecule has 2 heterocycles. The molecule has 4 heteroatoms. The fourth-order valence-corrected chi connectivity index (χ4v) is 4.01. The SMILES string of the molecule is CC(C)c1ccc(-c2nc3scc(C(C)(C)C)n3c2CN)cc1. The second-order valence-electron chi connectivity index (χ2n) is 7.38. The lowest BCUT2D eigenvalue weighted by Gasteiger charge is -2.18. The van der Waals surface area contributed by atoms with E-state index in [-0.39, 0.29) is 5.41 Å². The highest BCUT2D eigenvalue weighted by Crippen LogP contribution is 2.33. The van der Waals surface area contributed by atoms with Gasteiger partial charge in [-0.05, 0) is 11.5 Å². The van der Waals surface area contributed by atoms with Gasteiger partial charge in [0, 0.05) is 28.6 Å². The Balaban J connectivity index is 2.16. The molecule has 0 bridgehead atoms. The Morgan fingerprint density at radius 2 is 1.83 bits per heavy atom. The van der Waals surface area contributed by atoms with Gasteiger partial charge in [0.2, 0.25) is 0 Å². The monoisotopic (exact) mass is 327 g/mol. The quantitative estimate of drug-likeness (QED) is 0.740. The third-order valence-electron chi connectivity index (χ3n) is 4.27. The molecule has 0 amide bonds. The zero-order chi connectivity index (χ0) is 16.8. The molecule has 0 unspecified atom stereocenters. The van der Waals surface area contributed by atoms with Gasteiger partial charge >= 0.3 is 0 Å². The number of hydrogen-bond donors (Lipinski definition) is 1. The van der Waals surface area contributed by atoms with Gasteiger partial charge in [0.05, 0.1) is 11.4 Å². The Kier molecular flexibility index (Phi) is 4.07. The molecule has 1 aromatic carbocycles. The van der Waals surface area contributed by atoms with Crippen LogP contribution in [-0.4, -0.2) is 9.38 Å². The zero-order valence-corrected chi connectivity index (χ0v) is 15.4. The molecule has 0 atom stereocenters. The highest BCUT2D eigenvalue weighted by molar-refractivity contribution is 7.15. The van der Waals surface area contributed by atoms with E-state index in [9.17, 15) is 0 Å². The lowest BCUT2D eigenvalue weighted by Crippen LogP contribution is -2.16. The van der Waals surface area contributed by atoms with Crippen molar-refractivity contribution in [3.63, 3.8) is 0 Å². The van der Waals surface area contributed by atoms with Crippen LogP contribution in [0.3, 0.4) is 0 Å². The average Bonchev–Trinajstić information content (AvgIpc) is 3.04. The van der Waals surface area contributed by atoms with Crippen molar-refractivity contribution in [3.8, 4) is 11.3 Å². The molecule has 0 aliphatic heterocycles. The second kappa shape index (κ2) is 5.77. The fourth-order valence-electron chi connectivity index (χ4n) is 2.88. The molecule has 0 saturated carbocycles. The predicted octanol–water partition coefficient (Wildman–Crippen LogP) is 4.94. The molecule has 122 valence electrons. The van der Waals surface area contributed by atoms with Crippen LogP contribution in [0.25, 0.3) is 16.2 Å². The largest absolute Gasteiger partial charge is 0.325 e. The summed E-state index contributed by atoms with van der Waals surface area (Å²) in [6.45, 7) is 11.6. The summed E-state index contributed by atoms with van der Waals surface area (Å²) < 4.78 is 2.25. The first-order valence-corrected chi connectivity index (χ1v) is 9.00. The standard InChI is InChI=1S/C19H25N3S/c1-12(2)13-6-8-14(9-7-13)17-15(10-20)22-16(19(3,4)5)11-23-18(22)21-17/h6-9,11-12H,10,20H2,1-5H3. The smallest absolute Gasteiger partial charge is 0.194 e. The van der Waals surface area contributed by atoms with Crippen molar-refractivity contribution in [2.24, 2.45) is 5.73 Å². The van der Waals surface area contributed by atoms with Gasteiger partial charge in [-0.15, -0.1) is 11.3 Å². The van der Waals surface area contributed by atoms with Gasteiger partial charge in [0.15, 0.2) is 4.96 Å². The molecule has 3 aromatic rings. The van der Waals surface area contributed by atoms with Crippen molar-refractivity contribution < 1.29 is 0 Å². The summed E-state index contributed by atoms with van der Waals surface area (Å²) in [6.07, 6.45) is 0. The summed E-state index contributed by atoms with van der Waals surface area (Å²) in [5.41, 5.74) is 12.0. The maximum absolute atomic E-state index is 6.09. The Morgan fingerprint density at radius 3 is 2.35 bits per heavy atom. The van der Waals surface area contributed by atoms with E-state index in [0.717, 1.165) is 21.9 Å². The molecular formula is C19H25N3S. The number of aromatic nitrogens is 2. The number of imidazole rings is 1. The van der Waals surface area contributed by atoms with Crippen LogP contribution < -0.4 is 5.73 Å². The van der Waals surface area contributed by atoms with Crippen LogP contribution >= 0.6 is 11.3 Å². The molecule has 0 fully saturated rings. The fraction of sp³-hybridized carbons (Fsp3) is 0.421. The van der Waals surface area contributed by atoms with Gasteiger partial charge in [-0.1, -0.05) is 58.9 Å². The van der Waals surface area contributed by atoms with E-state index >= 15 is 0 Å². The number of rotatable bonds is 3. The van der Waals surface area contributed by atoms with Crippen LogP contribution in [0.1, 0.15) is 57.5 Å². The van der Waals surface area contributed by atoms with E-state index in [1.54, 1.807) is 11.3 Å². The Hall–Kier alpha value is -1.65. The van der Waals surface area contributed by atoms with Crippen molar-refractivity contribution in [1.29, 1.82) is 0 Å². The van der Waals surface area contributed by atoms with Crippen molar-refractivity contribution in [3.05, 3.63) is 46.6 Å². The molecule has 0 aliphatic carbocycles. The van der Waals surface area contributed by atoms with E-state index in [2.05, 4.69) is 68.7 Å². The molecule has 3 nitrogen and oxygen atoms in total. The number of hydrogen-bond acceptors (Lipinski definition) is 3. The van der Waals surface area contributed by atoms with Crippen LogP contribution in [0.5, 0.6) is 0 Å². The van der Waals surface area contributed by atoms with Crippen molar-refractivity contribution >= 4 is 16.3 Å². The second-order valence-corrected chi connectivity index (χ2v) is 8.21. The van der Waals surface area contributed by atoms with Gasteiger partial charge in [-0.25, -0.2) is 4.98 Å². The maximum Gasteiger partial charge on any atom is 0.194 e. The van der Waals surface area contributed by atoms with E-state index in [1.165, 1.54) is 11.3 Å². The van der Waals surface area contributed by atoms with Gasteiger partial charge < -0.3 is 5.73 Å². The summed E-state index contributed by atoms with van der Waals surface area (Å²) in [5.74, 6) is 0.538. The number of nitrogens with two attached hydrogens (primary N) is 1. The predicted molar refractivity (Wildman–Crippen MR) is 99.2 cm³/mol. The first kappa shape index (κ1) is 16.2. The summed E-state index contributed by atoms with van der Waals surface area (Å²) in [7, 11) is 0. The van der Waals surface area contributed by atoms with Crippen LogP contribution in [0.4, 0.5) is 0 Å². The first-order chi connectivity index (χ1) is 10.8. The van der Waals surface area contributed by atoms with Gasteiger partial charge in [0.1, 0.15) is 0 Å². The van der Waals surface area contributed by atoms with Crippen LogP contribution in [0, 0.1) is 0 Å². The summed E-state index contributed by atoms with van der Waals surface area (Å²) in [4.78, 5) is 5.89. The molecular weight excluding hydrogens is 302 g/mol. The van der Waals surface area contributed by atoms with Crippen molar-refractivity contribution in [1.82, 2.24) is 9.38 Å². The lowest BCUT2D eigenvalue weighted by atomic mass is 9.93. The van der Waals surface area contributed by atoms with Gasteiger partial charge in [-0.2, -0.15) is 0 Å². The zero-order valence-electron chi connectivity index (χ0n) is 14.6. The number of thiazole rings is 1.